The van der Waals surface area contributed by atoms with E-state index in [2.05, 4.69) is 0 Å². The fourth-order valence-electron chi connectivity index (χ4n) is 4.50. The van der Waals surface area contributed by atoms with Crippen LogP contribution in [-0.4, -0.2) is 45.5 Å². The number of esters is 1. The van der Waals surface area contributed by atoms with E-state index in [1.807, 2.05) is 0 Å². The lowest BCUT2D eigenvalue weighted by atomic mass is 10.0. The molecule has 4 aromatic rings. The molecule has 1 N–H and O–H groups in total. The number of carbonyl (C=O) groups excluding carboxylic acids is 2. The average Bonchev–Trinajstić information content (AvgIpc) is 2.96. The van der Waals surface area contributed by atoms with E-state index in [1.54, 1.807) is 6.92 Å². The first-order valence-electron chi connectivity index (χ1n) is 12.8. The minimum atomic E-state index is -1.27. The molecule has 2 aromatic heterocycles. The summed E-state index contributed by atoms with van der Waals surface area (Å²) in [6.07, 6.45) is 3.98. The monoisotopic (exact) mass is 580 g/mol. The number of hydrogen-bond acceptors (Lipinski definition) is 7. The smallest absolute Gasteiger partial charge is 0.339 e. The molecule has 0 unspecified atom stereocenters. The normalized spacial score (nSPS) is 11.7. The number of Topliss-reactive ketones (excluding diaryl/α,β-unsaturated/α-hetero) is 1. The van der Waals surface area contributed by atoms with Gasteiger partial charge in [0.15, 0.2) is 17.0 Å². The van der Waals surface area contributed by atoms with Crippen LogP contribution in [0.3, 0.4) is 0 Å². The molecule has 10 nitrogen and oxygen atoms in total. The zero-order valence-corrected chi connectivity index (χ0v) is 22.6. The number of carbonyl (C=O) groups is 3. The summed E-state index contributed by atoms with van der Waals surface area (Å²) in [6, 6.07) is 8.13. The van der Waals surface area contributed by atoms with Gasteiger partial charge < -0.3 is 23.5 Å². The number of carboxylic acid groups (broad SMARTS) is 1. The van der Waals surface area contributed by atoms with E-state index >= 15 is 0 Å². The molecule has 0 bridgehead atoms. The largest absolute Gasteiger partial charge is 0.491 e. The molecule has 1 atom stereocenters. The number of ketones is 1. The van der Waals surface area contributed by atoms with Gasteiger partial charge in [0.2, 0.25) is 5.43 Å². The lowest BCUT2D eigenvalue weighted by Crippen LogP contribution is -2.29. The van der Waals surface area contributed by atoms with Gasteiger partial charge in [-0.2, -0.15) is 0 Å². The number of benzene rings is 2. The average molecular weight is 581 g/mol. The van der Waals surface area contributed by atoms with E-state index < -0.39 is 46.4 Å². The van der Waals surface area contributed by atoms with Crippen LogP contribution in [0.4, 0.5) is 8.78 Å². The highest BCUT2D eigenvalue weighted by atomic mass is 19.1. The first-order valence-corrected chi connectivity index (χ1v) is 12.8. The van der Waals surface area contributed by atoms with Gasteiger partial charge in [0, 0.05) is 43.5 Å². The van der Waals surface area contributed by atoms with Crippen molar-refractivity contribution in [1.29, 1.82) is 0 Å². The van der Waals surface area contributed by atoms with E-state index in [1.165, 1.54) is 65.0 Å². The first kappa shape index (κ1) is 29.8. The molecule has 42 heavy (non-hydrogen) atoms. The lowest BCUT2D eigenvalue weighted by Gasteiger charge is -2.17. The maximum atomic E-state index is 14.0. The van der Waals surface area contributed by atoms with Gasteiger partial charge in [-0.15, -0.1) is 0 Å². The topological polar surface area (TPSA) is 133 Å². The summed E-state index contributed by atoms with van der Waals surface area (Å²) >= 11 is 0. The van der Waals surface area contributed by atoms with Crippen molar-refractivity contribution in [1.82, 2.24) is 8.97 Å². The van der Waals surface area contributed by atoms with Crippen LogP contribution < -0.4 is 15.7 Å². The maximum absolute atomic E-state index is 14.0. The summed E-state index contributed by atoms with van der Waals surface area (Å²) in [5.41, 5.74) is -1.97. The van der Waals surface area contributed by atoms with Crippen molar-refractivity contribution in [3.05, 3.63) is 116 Å². The number of pyridine rings is 1. The summed E-state index contributed by atoms with van der Waals surface area (Å²) < 4.78 is 40.2. The highest BCUT2D eigenvalue weighted by Crippen LogP contribution is 2.18. The summed E-state index contributed by atoms with van der Waals surface area (Å²) in [5, 5.41) is 9.27. The van der Waals surface area contributed by atoms with E-state index in [4.69, 9.17) is 9.47 Å². The highest BCUT2D eigenvalue weighted by molar-refractivity contribution is 6.02. The van der Waals surface area contributed by atoms with E-state index in [0.717, 1.165) is 6.07 Å². The third kappa shape index (κ3) is 6.12. The standard InChI is InChI=1S/C30H26F2N2O8/c1-17(11-14-42-30(40)21-6-4-3-5-20(21)29(38)39)34-13-12-33-16-22(26(36)27(41-2)25(33)28(34)37)24(35)10-8-18-7-9-19(31)15-23(18)32/h3-7,9,12-13,15-17H,8,10-11,14H2,1-2H3,(H,38,39)/t17-/m1/s1. The quantitative estimate of drug-likeness (QED) is 0.207. The molecule has 12 heteroatoms. The number of aromatic nitrogens is 2. The number of carboxylic acids is 1. The number of aromatic carboxylic acids is 1. The SMILES string of the molecule is COc1c(=O)c(C(=O)CCc2ccc(F)cc2F)cn2ccn([C@H](C)CCOC(=O)c3ccccc3C(=O)O)c(=O)c12. The van der Waals surface area contributed by atoms with Crippen LogP contribution in [0.2, 0.25) is 0 Å². The number of ether oxygens (including phenoxy) is 2. The number of fused-ring (bicyclic) bond motifs is 1. The number of hydrogen-bond donors (Lipinski definition) is 1. The molecular weight excluding hydrogens is 554 g/mol. The predicted octanol–water partition coefficient (Wildman–Crippen LogP) is 4.07. The molecule has 0 amide bonds. The van der Waals surface area contributed by atoms with Gasteiger partial charge in [-0.05, 0) is 37.1 Å². The molecule has 0 saturated carbocycles. The molecule has 0 aliphatic rings. The predicted molar refractivity (Wildman–Crippen MR) is 147 cm³/mol. The summed E-state index contributed by atoms with van der Waals surface area (Å²) in [6.45, 7) is 1.56. The van der Waals surface area contributed by atoms with Crippen molar-refractivity contribution < 1.29 is 37.7 Å². The van der Waals surface area contributed by atoms with Gasteiger partial charge in [-0.3, -0.25) is 14.4 Å². The van der Waals surface area contributed by atoms with Crippen molar-refractivity contribution in [2.75, 3.05) is 13.7 Å². The fourth-order valence-corrected chi connectivity index (χ4v) is 4.50. The molecular formula is C30H26F2N2O8. The van der Waals surface area contributed by atoms with Crippen LogP contribution in [-0.2, 0) is 11.2 Å². The van der Waals surface area contributed by atoms with E-state index in [-0.39, 0.29) is 59.4 Å². The Bertz CT molecular complexity index is 1810. The van der Waals surface area contributed by atoms with Crippen molar-refractivity contribution in [2.24, 2.45) is 0 Å². The lowest BCUT2D eigenvalue weighted by molar-refractivity contribution is 0.0477. The molecule has 0 aliphatic carbocycles. The second kappa shape index (κ2) is 12.6. The number of rotatable bonds is 11. The van der Waals surface area contributed by atoms with Crippen LogP contribution >= 0.6 is 0 Å². The molecule has 0 radical (unpaired) electrons. The van der Waals surface area contributed by atoms with Crippen LogP contribution in [0, 0.1) is 11.6 Å². The molecule has 0 aliphatic heterocycles. The second-order valence-corrected chi connectivity index (χ2v) is 9.45. The van der Waals surface area contributed by atoms with E-state index in [0.29, 0.717) is 6.07 Å². The number of aryl methyl sites for hydroxylation is 1. The Kier molecular flexibility index (Phi) is 8.94. The molecule has 0 saturated heterocycles. The fraction of sp³-hybridized carbons (Fsp3) is 0.233. The van der Waals surface area contributed by atoms with Crippen molar-refractivity contribution >= 4 is 23.2 Å². The zero-order chi connectivity index (χ0) is 30.6. The Morgan fingerprint density at radius 2 is 1.71 bits per heavy atom. The van der Waals surface area contributed by atoms with Crippen LogP contribution in [0.1, 0.15) is 62.4 Å². The molecule has 0 spiro atoms. The number of methoxy groups -OCH3 is 1. The number of halogens is 2. The van der Waals surface area contributed by atoms with Crippen molar-refractivity contribution in [3.63, 3.8) is 0 Å². The molecule has 0 fully saturated rings. The van der Waals surface area contributed by atoms with Crippen molar-refractivity contribution in [3.8, 4) is 5.75 Å². The van der Waals surface area contributed by atoms with Gasteiger partial charge in [0.05, 0.1) is 30.4 Å². The van der Waals surface area contributed by atoms with Crippen LogP contribution in [0.25, 0.3) is 5.52 Å². The zero-order valence-electron chi connectivity index (χ0n) is 22.6. The van der Waals surface area contributed by atoms with Crippen LogP contribution in [0.15, 0.2) is 70.6 Å². The molecule has 4 rings (SSSR count). The summed E-state index contributed by atoms with van der Waals surface area (Å²) in [7, 11) is 1.19. The molecule has 2 aromatic carbocycles. The Labute approximate surface area is 237 Å². The van der Waals surface area contributed by atoms with Gasteiger partial charge in [0.1, 0.15) is 11.6 Å². The van der Waals surface area contributed by atoms with Gasteiger partial charge in [0.25, 0.3) is 5.56 Å². The van der Waals surface area contributed by atoms with Gasteiger partial charge >= 0.3 is 11.9 Å². The Balaban J connectivity index is 1.53. The van der Waals surface area contributed by atoms with Gasteiger partial charge in [-0.25, -0.2) is 18.4 Å². The minimum absolute atomic E-state index is 0.0685. The van der Waals surface area contributed by atoms with Gasteiger partial charge in [-0.1, -0.05) is 18.2 Å². The second-order valence-electron chi connectivity index (χ2n) is 9.45. The minimum Gasteiger partial charge on any atom is -0.491 e. The summed E-state index contributed by atoms with van der Waals surface area (Å²) in [4.78, 5) is 63.2. The highest BCUT2D eigenvalue weighted by Gasteiger charge is 2.22. The van der Waals surface area contributed by atoms with Crippen LogP contribution in [0.5, 0.6) is 5.75 Å². The summed E-state index contributed by atoms with van der Waals surface area (Å²) in [5.74, 6) is -4.60. The van der Waals surface area contributed by atoms with Crippen molar-refractivity contribution in [2.45, 2.75) is 32.2 Å². The van der Waals surface area contributed by atoms with E-state index in [9.17, 15) is 37.9 Å². The first-order chi connectivity index (χ1) is 20.0. The molecule has 218 valence electrons. The Morgan fingerprint density at radius 3 is 2.38 bits per heavy atom. The molecule has 2 heterocycles. The Morgan fingerprint density at radius 1 is 1.00 bits per heavy atom. The third-order valence-electron chi connectivity index (χ3n) is 6.78. The Hall–Kier alpha value is -5.13. The third-order valence-corrected chi connectivity index (χ3v) is 6.78. The number of nitrogens with zero attached hydrogens (tertiary/aromatic N) is 2. The maximum Gasteiger partial charge on any atom is 0.339 e.